The van der Waals surface area contributed by atoms with Gasteiger partial charge in [0.25, 0.3) is 5.56 Å². The molecule has 1 N–H and O–H groups in total. The molecule has 0 saturated heterocycles. The highest BCUT2D eigenvalue weighted by Crippen LogP contribution is 2.27. The Morgan fingerprint density at radius 3 is 2.43 bits per heavy atom. The van der Waals surface area contributed by atoms with Crippen molar-refractivity contribution in [2.24, 2.45) is 0 Å². The van der Waals surface area contributed by atoms with Gasteiger partial charge in [0.15, 0.2) is 5.78 Å². The fraction of sp³-hybridized carbons (Fsp3) is 0.136. The predicted octanol–water partition coefficient (Wildman–Crippen LogP) is 3.67. The summed E-state index contributed by atoms with van der Waals surface area (Å²) in [6, 6.07) is 14.4. The zero-order valence-corrected chi connectivity index (χ0v) is 17.2. The maximum absolute atomic E-state index is 12.8. The monoisotopic (exact) mass is 418 g/mol. The maximum atomic E-state index is 12.8. The summed E-state index contributed by atoms with van der Waals surface area (Å²) in [5, 5.41) is 2.72. The summed E-state index contributed by atoms with van der Waals surface area (Å²) in [5.74, 6) is -0.412. The van der Waals surface area contributed by atoms with Gasteiger partial charge in [0.1, 0.15) is 22.5 Å². The molecule has 0 atom stereocenters. The third-order valence-electron chi connectivity index (χ3n) is 4.66. The van der Waals surface area contributed by atoms with Crippen LogP contribution in [0.15, 0.2) is 59.7 Å². The molecule has 0 radical (unpaired) electrons. The van der Waals surface area contributed by atoms with E-state index in [9.17, 15) is 14.4 Å². The van der Waals surface area contributed by atoms with E-state index in [-0.39, 0.29) is 23.8 Å². The van der Waals surface area contributed by atoms with Crippen molar-refractivity contribution in [3.8, 4) is 11.3 Å². The lowest BCUT2D eigenvalue weighted by atomic mass is 10.1. The molecule has 150 valence electrons. The summed E-state index contributed by atoms with van der Waals surface area (Å²) in [6.45, 7) is 3.31. The second-order valence-corrected chi connectivity index (χ2v) is 7.71. The average Bonchev–Trinajstić information content (AvgIpc) is 3.16. The Hall–Kier alpha value is -3.65. The summed E-state index contributed by atoms with van der Waals surface area (Å²) >= 11 is 1.08. The molecule has 4 rings (SSSR count). The van der Waals surface area contributed by atoms with Gasteiger partial charge in [0.05, 0.1) is 6.33 Å². The van der Waals surface area contributed by atoms with E-state index in [1.165, 1.54) is 17.8 Å². The van der Waals surface area contributed by atoms with E-state index in [1.54, 1.807) is 24.3 Å². The van der Waals surface area contributed by atoms with Crippen LogP contribution in [0.5, 0.6) is 0 Å². The Kier molecular flexibility index (Phi) is 5.24. The van der Waals surface area contributed by atoms with Crippen molar-refractivity contribution in [2.45, 2.75) is 20.4 Å². The van der Waals surface area contributed by atoms with Gasteiger partial charge < -0.3 is 5.32 Å². The van der Waals surface area contributed by atoms with E-state index in [1.807, 2.05) is 31.2 Å². The van der Waals surface area contributed by atoms with Gasteiger partial charge in [-0.15, -0.1) is 0 Å². The number of amides is 1. The summed E-state index contributed by atoms with van der Waals surface area (Å²) in [4.78, 5) is 40.9. The van der Waals surface area contributed by atoms with Crippen LogP contribution in [0.25, 0.3) is 21.5 Å². The lowest BCUT2D eigenvalue weighted by Gasteiger charge is -2.07. The van der Waals surface area contributed by atoms with Crippen LogP contribution >= 0.6 is 11.5 Å². The second-order valence-electron chi connectivity index (χ2n) is 6.93. The van der Waals surface area contributed by atoms with Gasteiger partial charge in [0, 0.05) is 16.8 Å². The molecule has 2 aromatic carbocycles. The van der Waals surface area contributed by atoms with Gasteiger partial charge in [-0.05, 0) is 49.6 Å². The van der Waals surface area contributed by atoms with Crippen LogP contribution in [0, 0.1) is 6.92 Å². The number of nitrogens with one attached hydrogen (secondary N) is 1. The van der Waals surface area contributed by atoms with Crippen LogP contribution < -0.4 is 10.9 Å². The number of fused-ring (bicyclic) bond motifs is 1. The molecule has 0 unspecified atom stereocenters. The van der Waals surface area contributed by atoms with Gasteiger partial charge in [0.2, 0.25) is 5.91 Å². The molecule has 0 saturated carbocycles. The molecule has 8 heteroatoms. The molecular formula is C22H18N4O3S. The van der Waals surface area contributed by atoms with Gasteiger partial charge >= 0.3 is 0 Å². The SMILES string of the molecule is CC(=O)c1ccc(NC(=O)Cn2cnc3c(-c4ccc(C)cc4)nsc3c2=O)cc1. The number of benzene rings is 2. The predicted molar refractivity (Wildman–Crippen MR) is 117 cm³/mol. The number of carbonyl (C=O) groups is 2. The van der Waals surface area contributed by atoms with Crippen LogP contribution in [0.4, 0.5) is 5.69 Å². The van der Waals surface area contributed by atoms with Crippen molar-refractivity contribution < 1.29 is 9.59 Å². The van der Waals surface area contributed by atoms with Crippen LogP contribution in [-0.4, -0.2) is 25.6 Å². The highest BCUT2D eigenvalue weighted by Gasteiger charge is 2.15. The molecule has 2 aromatic heterocycles. The largest absolute Gasteiger partial charge is 0.325 e. The molecule has 0 bridgehead atoms. The Bertz CT molecular complexity index is 1310. The number of ketones is 1. The molecule has 1 amide bonds. The number of carbonyl (C=O) groups excluding carboxylic acids is 2. The fourth-order valence-electron chi connectivity index (χ4n) is 3.01. The Morgan fingerprint density at radius 2 is 1.77 bits per heavy atom. The lowest BCUT2D eigenvalue weighted by molar-refractivity contribution is -0.116. The summed E-state index contributed by atoms with van der Waals surface area (Å²) in [5.41, 5.74) is 4.02. The first-order chi connectivity index (χ1) is 14.4. The van der Waals surface area contributed by atoms with Crippen molar-refractivity contribution in [1.29, 1.82) is 0 Å². The summed E-state index contributed by atoms with van der Waals surface area (Å²) in [7, 11) is 0. The highest BCUT2D eigenvalue weighted by atomic mass is 32.1. The van der Waals surface area contributed by atoms with Gasteiger partial charge in [-0.25, -0.2) is 4.98 Å². The van der Waals surface area contributed by atoms with Crippen molar-refractivity contribution in [2.75, 3.05) is 5.32 Å². The Labute approximate surface area is 176 Å². The molecule has 4 aromatic rings. The van der Waals surface area contributed by atoms with E-state index in [2.05, 4.69) is 14.7 Å². The van der Waals surface area contributed by atoms with Crippen molar-refractivity contribution in [3.63, 3.8) is 0 Å². The quantitative estimate of drug-likeness (QED) is 0.499. The summed E-state index contributed by atoms with van der Waals surface area (Å²) in [6.07, 6.45) is 1.37. The number of aromatic nitrogens is 3. The number of rotatable bonds is 5. The van der Waals surface area contributed by atoms with Crippen LogP contribution in [0.1, 0.15) is 22.8 Å². The molecule has 0 aliphatic rings. The average molecular weight is 418 g/mol. The first-order valence-corrected chi connectivity index (χ1v) is 10.0. The van der Waals surface area contributed by atoms with E-state index >= 15 is 0 Å². The first kappa shape index (κ1) is 19.7. The first-order valence-electron chi connectivity index (χ1n) is 9.25. The van der Waals surface area contributed by atoms with Crippen molar-refractivity contribution in [3.05, 3.63) is 76.3 Å². The van der Waals surface area contributed by atoms with E-state index in [0.29, 0.717) is 27.2 Å². The number of Topliss-reactive ketones (excluding diaryl/α,β-unsaturated/α-hetero) is 1. The molecule has 2 heterocycles. The number of hydrogen-bond acceptors (Lipinski definition) is 6. The smallest absolute Gasteiger partial charge is 0.273 e. The molecule has 7 nitrogen and oxygen atoms in total. The minimum absolute atomic E-state index is 0.0478. The van der Waals surface area contributed by atoms with Gasteiger partial charge in [-0.3, -0.25) is 19.0 Å². The third-order valence-corrected chi connectivity index (χ3v) is 5.49. The van der Waals surface area contributed by atoms with E-state index < -0.39 is 0 Å². The number of aryl methyl sites for hydroxylation is 1. The molecule has 30 heavy (non-hydrogen) atoms. The number of hydrogen-bond donors (Lipinski definition) is 1. The number of anilines is 1. The van der Waals surface area contributed by atoms with Crippen LogP contribution in [0.2, 0.25) is 0 Å². The minimum atomic E-state index is -0.364. The van der Waals surface area contributed by atoms with Crippen molar-refractivity contribution >= 4 is 39.1 Å². The van der Waals surface area contributed by atoms with Crippen LogP contribution in [-0.2, 0) is 11.3 Å². The Balaban J connectivity index is 1.55. The molecule has 0 spiro atoms. The normalized spacial score (nSPS) is 10.9. The lowest BCUT2D eigenvalue weighted by Crippen LogP contribution is -2.27. The summed E-state index contributed by atoms with van der Waals surface area (Å²) < 4.78 is 6.08. The topological polar surface area (TPSA) is 93.9 Å². The third kappa shape index (κ3) is 3.90. The minimum Gasteiger partial charge on any atom is -0.325 e. The second kappa shape index (κ2) is 8.00. The standard InChI is InChI=1S/C22H18N4O3S/c1-13-3-5-16(6-4-13)19-20-21(30-25-19)22(29)26(12-23-20)11-18(28)24-17-9-7-15(8-10-17)14(2)27/h3-10,12H,11H2,1-2H3,(H,24,28). The molecule has 0 aliphatic carbocycles. The molecular weight excluding hydrogens is 400 g/mol. The molecule has 0 fully saturated rings. The maximum Gasteiger partial charge on any atom is 0.273 e. The van der Waals surface area contributed by atoms with Crippen molar-refractivity contribution in [1.82, 2.24) is 13.9 Å². The zero-order valence-electron chi connectivity index (χ0n) is 16.4. The van der Waals surface area contributed by atoms with E-state index in [0.717, 1.165) is 22.7 Å². The highest BCUT2D eigenvalue weighted by molar-refractivity contribution is 7.13. The Morgan fingerprint density at radius 1 is 1.07 bits per heavy atom. The number of nitrogens with zero attached hydrogens (tertiary/aromatic N) is 3. The van der Waals surface area contributed by atoms with Gasteiger partial charge in [-0.1, -0.05) is 29.8 Å². The van der Waals surface area contributed by atoms with Gasteiger partial charge in [-0.2, -0.15) is 4.37 Å². The zero-order chi connectivity index (χ0) is 21.3. The molecule has 0 aliphatic heterocycles. The van der Waals surface area contributed by atoms with Crippen LogP contribution in [0.3, 0.4) is 0 Å². The van der Waals surface area contributed by atoms with E-state index in [4.69, 9.17) is 0 Å². The fourth-order valence-corrected chi connectivity index (χ4v) is 3.82.